The summed E-state index contributed by atoms with van der Waals surface area (Å²) in [5.74, 6) is -0.172. The lowest BCUT2D eigenvalue weighted by Crippen LogP contribution is -3.12. The van der Waals surface area contributed by atoms with Crippen molar-refractivity contribution in [3.05, 3.63) is 96.1 Å². The molecule has 0 aliphatic carbocycles. The second-order valence-corrected chi connectivity index (χ2v) is 9.16. The Morgan fingerprint density at radius 1 is 0.879 bits per heavy atom. The van der Waals surface area contributed by atoms with E-state index in [0.29, 0.717) is 0 Å². The quantitative estimate of drug-likeness (QED) is 0.514. The fraction of sp³-hybridized carbons (Fsp3) is 0.259. The van der Waals surface area contributed by atoms with Gasteiger partial charge in [0.05, 0.1) is 38.6 Å². The number of carbonyl (C=O) groups is 1. The van der Waals surface area contributed by atoms with Gasteiger partial charge >= 0.3 is 0 Å². The van der Waals surface area contributed by atoms with Crippen LogP contribution < -0.4 is 20.4 Å². The molecule has 1 aliphatic heterocycles. The molecule has 1 amide bonds. The van der Waals surface area contributed by atoms with Crippen LogP contribution in [0.25, 0.3) is 0 Å². The molecule has 6 heteroatoms. The van der Waals surface area contributed by atoms with Gasteiger partial charge in [0.1, 0.15) is 0 Å². The van der Waals surface area contributed by atoms with Gasteiger partial charge in [0.25, 0.3) is 0 Å². The van der Waals surface area contributed by atoms with Crippen LogP contribution in [-0.4, -0.2) is 44.2 Å². The number of likely N-dealkylation sites (N-methyl/N-ethyl adjacent to an activating group) is 1. The molecule has 0 radical (unpaired) electrons. The molecule has 5 nitrogen and oxygen atoms in total. The highest BCUT2D eigenvalue weighted by molar-refractivity contribution is 7.80. The largest absolute Gasteiger partial charge is 0.360 e. The molecule has 1 heterocycles. The molecule has 0 aromatic heterocycles. The lowest BCUT2D eigenvalue weighted by atomic mass is 9.75. The number of quaternary nitrogens is 1. The summed E-state index contributed by atoms with van der Waals surface area (Å²) in [6.45, 7) is 6.35. The van der Waals surface area contributed by atoms with Crippen LogP contribution in [0.1, 0.15) is 18.1 Å². The van der Waals surface area contributed by atoms with Gasteiger partial charge in [-0.25, -0.2) is 0 Å². The first-order valence-electron chi connectivity index (χ1n) is 11.4. The summed E-state index contributed by atoms with van der Waals surface area (Å²) < 4.78 is 0. The molecule has 3 aromatic rings. The molecule has 1 saturated heterocycles. The molecule has 33 heavy (non-hydrogen) atoms. The van der Waals surface area contributed by atoms with Crippen LogP contribution in [0.2, 0.25) is 0 Å². The number of hydrogen-bond acceptors (Lipinski definition) is 3. The van der Waals surface area contributed by atoms with Crippen LogP contribution in [0.15, 0.2) is 84.9 Å². The topological polar surface area (TPSA) is 48.8 Å². The number of hydrogen-bond donors (Lipinski definition) is 3. The second kappa shape index (κ2) is 10.1. The van der Waals surface area contributed by atoms with Gasteiger partial charge in [-0.3, -0.25) is 4.79 Å². The van der Waals surface area contributed by atoms with E-state index in [4.69, 9.17) is 12.2 Å². The smallest absolute Gasteiger partial charge is 0.240 e. The fourth-order valence-electron chi connectivity index (χ4n) is 4.26. The Balaban J connectivity index is 1.45. The number of thiocarbonyl (C=S) groups is 1. The molecule has 1 aliphatic rings. The van der Waals surface area contributed by atoms with Crippen LogP contribution in [0.3, 0.4) is 0 Å². The van der Waals surface area contributed by atoms with E-state index in [2.05, 4.69) is 34.7 Å². The van der Waals surface area contributed by atoms with Crippen molar-refractivity contribution in [2.45, 2.75) is 12.3 Å². The first kappa shape index (κ1) is 23.0. The van der Waals surface area contributed by atoms with Gasteiger partial charge in [-0.2, -0.15) is 0 Å². The minimum absolute atomic E-state index is 0.172. The van der Waals surface area contributed by atoms with Crippen molar-refractivity contribution in [3.8, 4) is 0 Å². The Bertz CT molecular complexity index is 1040. The van der Waals surface area contributed by atoms with Crippen molar-refractivity contribution >= 4 is 34.6 Å². The molecule has 4 rings (SSSR count). The maximum atomic E-state index is 13.5. The maximum Gasteiger partial charge on any atom is 0.240 e. The fourth-order valence-corrected chi connectivity index (χ4v) is 4.48. The molecule has 1 fully saturated rings. The van der Waals surface area contributed by atoms with Crippen molar-refractivity contribution in [1.29, 1.82) is 0 Å². The van der Waals surface area contributed by atoms with E-state index in [1.165, 1.54) is 5.69 Å². The van der Waals surface area contributed by atoms with E-state index >= 15 is 0 Å². The number of amides is 1. The summed E-state index contributed by atoms with van der Waals surface area (Å²) in [5, 5.41) is 6.37. The van der Waals surface area contributed by atoms with Gasteiger partial charge in [-0.15, -0.1) is 0 Å². The highest BCUT2D eigenvalue weighted by Gasteiger charge is 2.37. The van der Waals surface area contributed by atoms with E-state index < -0.39 is 5.41 Å². The van der Waals surface area contributed by atoms with Crippen molar-refractivity contribution in [1.82, 2.24) is 5.32 Å². The zero-order valence-corrected chi connectivity index (χ0v) is 20.0. The molecule has 170 valence electrons. The number of nitrogens with zero attached hydrogens (tertiary/aromatic N) is 1. The lowest BCUT2D eigenvalue weighted by Gasteiger charge is -2.31. The summed E-state index contributed by atoms with van der Waals surface area (Å²) >= 11 is 5.50. The van der Waals surface area contributed by atoms with Gasteiger partial charge in [-0.05, 0) is 54.5 Å². The van der Waals surface area contributed by atoms with Gasteiger partial charge in [0, 0.05) is 11.4 Å². The van der Waals surface area contributed by atoms with E-state index in [1.54, 1.807) is 4.90 Å². The number of rotatable bonds is 5. The van der Waals surface area contributed by atoms with Crippen LogP contribution >= 0.6 is 12.2 Å². The number of anilines is 2. The van der Waals surface area contributed by atoms with Crippen molar-refractivity contribution in [3.63, 3.8) is 0 Å². The maximum absolute atomic E-state index is 13.5. The first-order chi connectivity index (χ1) is 16.0. The molecule has 0 bridgehead atoms. The highest BCUT2D eigenvalue weighted by Crippen LogP contribution is 2.32. The molecular formula is C27H31N4OS+. The Hall–Kier alpha value is -3.22. The molecule has 0 atom stereocenters. The zero-order valence-electron chi connectivity index (χ0n) is 19.2. The molecule has 0 unspecified atom stereocenters. The predicted molar refractivity (Wildman–Crippen MR) is 139 cm³/mol. The van der Waals surface area contributed by atoms with Gasteiger partial charge in [-0.1, -0.05) is 60.7 Å². The molecule has 3 N–H and O–H groups in total. The Labute approximate surface area is 201 Å². The highest BCUT2D eigenvalue weighted by atomic mass is 32.1. The minimum atomic E-state index is -0.873. The molecule has 0 saturated carbocycles. The molecular weight excluding hydrogens is 428 g/mol. The summed E-state index contributed by atoms with van der Waals surface area (Å²) in [6.07, 6.45) is 0. The summed E-state index contributed by atoms with van der Waals surface area (Å²) in [5.41, 5.74) is 3.01. The molecule has 0 spiro atoms. The normalized spacial score (nSPS) is 14.5. The summed E-state index contributed by atoms with van der Waals surface area (Å²) in [4.78, 5) is 17.5. The van der Waals surface area contributed by atoms with Gasteiger partial charge < -0.3 is 20.4 Å². The third-order valence-electron chi connectivity index (χ3n) is 6.49. The van der Waals surface area contributed by atoms with E-state index in [9.17, 15) is 4.79 Å². The third-order valence-corrected chi connectivity index (χ3v) is 6.69. The van der Waals surface area contributed by atoms with Gasteiger partial charge in [0.2, 0.25) is 5.91 Å². The zero-order chi connectivity index (χ0) is 23.3. The van der Waals surface area contributed by atoms with Crippen LogP contribution in [0, 0.1) is 0 Å². The number of nitrogens with one attached hydrogen (secondary N) is 3. The van der Waals surface area contributed by atoms with E-state index in [1.807, 2.05) is 79.7 Å². The minimum Gasteiger partial charge on any atom is -0.360 e. The van der Waals surface area contributed by atoms with E-state index in [-0.39, 0.29) is 11.0 Å². The van der Waals surface area contributed by atoms with E-state index in [0.717, 1.165) is 43.0 Å². The number of benzene rings is 3. The third kappa shape index (κ3) is 5.24. The van der Waals surface area contributed by atoms with Crippen LogP contribution in [0.5, 0.6) is 0 Å². The predicted octanol–water partition coefficient (Wildman–Crippen LogP) is 2.84. The van der Waals surface area contributed by atoms with Crippen molar-refractivity contribution in [2.75, 3.05) is 43.4 Å². The van der Waals surface area contributed by atoms with Crippen molar-refractivity contribution in [2.24, 2.45) is 0 Å². The summed E-state index contributed by atoms with van der Waals surface area (Å²) in [7, 11) is 2.24. The SMILES string of the molecule is C[NH+]1CCN(c2ccc(NC(=S)NC(=O)C(C)(c3ccccc3)c3ccccc3)cc2)CC1. The van der Waals surface area contributed by atoms with Crippen molar-refractivity contribution < 1.29 is 9.69 Å². The van der Waals surface area contributed by atoms with Gasteiger partial charge in [0.15, 0.2) is 5.11 Å². The number of piperazine rings is 1. The first-order valence-corrected chi connectivity index (χ1v) is 11.8. The second-order valence-electron chi connectivity index (χ2n) is 8.76. The molecule has 3 aromatic carbocycles. The average molecular weight is 460 g/mol. The standard InChI is InChI=1S/C27H30N4OS/c1-27(21-9-5-3-6-10-21,22-11-7-4-8-12-22)25(32)29-26(33)28-23-13-15-24(16-14-23)31-19-17-30(2)18-20-31/h3-16H,17-20H2,1-2H3,(H2,28,29,32,33)/p+1. The lowest BCUT2D eigenvalue weighted by molar-refractivity contribution is -0.880. The van der Waals surface area contributed by atoms with Crippen LogP contribution in [0.4, 0.5) is 11.4 Å². The average Bonchev–Trinajstić information content (AvgIpc) is 2.85. The summed E-state index contributed by atoms with van der Waals surface area (Å²) in [6, 6.07) is 27.8. The van der Waals surface area contributed by atoms with Crippen LogP contribution in [-0.2, 0) is 10.2 Å². The Morgan fingerprint density at radius 3 is 1.91 bits per heavy atom. The number of carbonyl (C=O) groups excluding carboxylic acids is 1. The monoisotopic (exact) mass is 459 g/mol. The Kier molecular flexibility index (Phi) is 7.06. The Morgan fingerprint density at radius 2 is 1.39 bits per heavy atom.